The van der Waals surface area contributed by atoms with Crippen molar-refractivity contribution in [2.45, 2.75) is 51.0 Å². The molecule has 0 aromatic heterocycles. The number of hydrogen-bond acceptors (Lipinski definition) is 2. The van der Waals surface area contributed by atoms with Crippen LogP contribution in [-0.4, -0.2) is 30.4 Å². The predicted molar refractivity (Wildman–Crippen MR) is 64.9 cm³/mol. The number of carbonyl (C=O) groups is 1. The van der Waals surface area contributed by atoms with Crippen LogP contribution in [0.1, 0.15) is 44.9 Å². The Kier molecular flexibility index (Phi) is 3.85. The second kappa shape index (κ2) is 5.17. The molecule has 2 unspecified atom stereocenters. The smallest absolute Gasteiger partial charge is 0.222 e. The second-order valence-corrected chi connectivity index (χ2v) is 5.63. The number of nitrogens with zero attached hydrogens (tertiary/aromatic N) is 1. The van der Waals surface area contributed by atoms with Crippen LogP contribution in [0.15, 0.2) is 0 Å². The zero-order chi connectivity index (χ0) is 11.5. The van der Waals surface area contributed by atoms with Crippen LogP contribution in [0.5, 0.6) is 0 Å². The molecule has 1 amide bonds. The van der Waals surface area contributed by atoms with Gasteiger partial charge in [-0.05, 0) is 37.5 Å². The maximum absolute atomic E-state index is 12.0. The Morgan fingerprint density at radius 1 is 1.25 bits per heavy atom. The van der Waals surface area contributed by atoms with Crippen molar-refractivity contribution in [3.8, 4) is 0 Å². The molecule has 0 aliphatic heterocycles. The van der Waals surface area contributed by atoms with Crippen LogP contribution in [0.25, 0.3) is 0 Å². The number of rotatable bonds is 4. The molecule has 0 heterocycles. The molecular formula is C13H24N2O. The maximum atomic E-state index is 12.0. The van der Waals surface area contributed by atoms with Gasteiger partial charge in [0, 0.05) is 26.1 Å². The SMILES string of the molecule is CN(CC1CC1)C(=O)CC1CCCCC1N. The van der Waals surface area contributed by atoms with Crippen LogP contribution in [0, 0.1) is 11.8 Å². The molecule has 0 aromatic carbocycles. The highest BCUT2D eigenvalue weighted by molar-refractivity contribution is 5.76. The fraction of sp³-hybridized carbons (Fsp3) is 0.923. The average molecular weight is 224 g/mol. The van der Waals surface area contributed by atoms with Crippen LogP contribution >= 0.6 is 0 Å². The molecule has 2 aliphatic carbocycles. The first-order chi connectivity index (χ1) is 7.66. The van der Waals surface area contributed by atoms with Crippen LogP contribution in [-0.2, 0) is 4.79 Å². The molecule has 3 nitrogen and oxygen atoms in total. The maximum Gasteiger partial charge on any atom is 0.222 e. The highest BCUT2D eigenvalue weighted by Gasteiger charge is 2.28. The largest absolute Gasteiger partial charge is 0.345 e. The van der Waals surface area contributed by atoms with Crippen LogP contribution in [0.3, 0.4) is 0 Å². The van der Waals surface area contributed by atoms with E-state index in [1.165, 1.54) is 25.7 Å². The summed E-state index contributed by atoms with van der Waals surface area (Å²) in [7, 11) is 1.94. The highest BCUT2D eigenvalue weighted by Crippen LogP contribution is 2.30. The Hall–Kier alpha value is -0.570. The van der Waals surface area contributed by atoms with Crippen molar-refractivity contribution in [1.29, 1.82) is 0 Å². The number of carbonyl (C=O) groups excluding carboxylic acids is 1. The van der Waals surface area contributed by atoms with E-state index in [0.717, 1.165) is 25.3 Å². The van der Waals surface area contributed by atoms with E-state index in [2.05, 4.69) is 0 Å². The van der Waals surface area contributed by atoms with Gasteiger partial charge in [-0.15, -0.1) is 0 Å². The van der Waals surface area contributed by atoms with Gasteiger partial charge in [0.15, 0.2) is 0 Å². The molecule has 3 heteroatoms. The van der Waals surface area contributed by atoms with E-state index in [9.17, 15) is 4.79 Å². The third-order valence-electron chi connectivity index (χ3n) is 4.06. The fourth-order valence-electron chi connectivity index (χ4n) is 2.66. The van der Waals surface area contributed by atoms with Gasteiger partial charge in [-0.3, -0.25) is 4.79 Å². The van der Waals surface area contributed by atoms with E-state index in [1.54, 1.807) is 0 Å². The van der Waals surface area contributed by atoms with Crippen molar-refractivity contribution < 1.29 is 4.79 Å². The lowest BCUT2D eigenvalue weighted by atomic mass is 9.83. The van der Waals surface area contributed by atoms with Crippen molar-refractivity contribution in [3.63, 3.8) is 0 Å². The van der Waals surface area contributed by atoms with Gasteiger partial charge in [-0.25, -0.2) is 0 Å². The molecule has 2 rings (SSSR count). The number of amides is 1. The standard InChI is InChI=1S/C13H24N2O/c1-15(9-10-6-7-10)13(16)8-11-4-2-3-5-12(11)14/h10-12H,2-9,14H2,1H3. The highest BCUT2D eigenvalue weighted by atomic mass is 16.2. The molecule has 2 saturated carbocycles. The van der Waals surface area contributed by atoms with Gasteiger partial charge in [0.2, 0.25) is 5.91 Å². The van der Waals surface area contributed by atoms with Crippen LogP contribution < -0.4 is 5.73 Å². The Balaban J connectivity index is 1.75. The van der Waals surface area contributed by atoms with Gasteiger partial charge in [-0.1, -0.05) is 12.8 Å². The summed E-state index contributed by atoms with van der Waals surface area (Å²) in [6, 6.07) is 0.257. The summed E-state index contributed by atoms with van der Waals surface area (Å²) in [4.78, 5) is 13.9. The quantitative estimate of drug-likeness (QED) is 0.791. The van der Waals surface area contributed by atoms with Crippen molar-refractivity contribution in [2.24, 2.45) is 17.6 Å². The third kappa shape index (κ3) is 3.21. The molecule has 0 saturated heterocycles. The monoisotopic (exact) mass is 224 g/mol. The van der Waals surface area contributed by atoms with E-state index in [4.69, 9.17) is 5.73 Å². The minimum Gasteiger partial charge on any atom is -0.345 e. The fourth-order valence-corrected chi connectivity index (χ4v) is 2.66. The molecule has 0 aromatic rings. The minimum absolute atomic E-state index is 0.257. The van der Waals surface area contributed by atoms with E-state index in [0.29, 0.717) is 18.2 Å². The van der Waals surface area contributed by atoms with E-state index < -0.39 is 0 Å². The molecule has 0 bridgehead atoms. The molecule has 0 radical (unpaired) electrons. The van der Waals surface area contributed by atoms with E-state index in [-0.39, 0.29) is 6.04 Å². The molecule has 16 heavy (non-hydrogen) atoms. The summed E-state index contributed by atoms with van der Waals surface area (Å²) in [5.41, 5.74) is 6.07. The summed E-state index contributed by atoms with van der Waals surface area (Å²) in [6.45, 7) is 0.959. The molecule has 2 fully saturated rings. The summed E-state index contributed by atoms with van der Waals surface area (Å²) in [5, 5.41) is 0. The summed E-state index contributed by atoms with van der Waals surface area (Å²) in [6.07, 6.45) is 8.02. The summed E-state index contributed by atoms with van der Waals surface area (Å²) >= 11 is 0. The zero-order valence-electron chi connectivity index (χ0n) is 10.3. The lowest BCUT2D eigenvalue weighted by Gasteiger charge is -2.29. The van der Waals surface area contributed by atoms with Gasteiger partial charge < -0.3 is 10.6 Å². The molecule has 2 aliphatic rings. The van der Waals surface area contributed by atoms with Crippen LogP contribution in [0.4, 0.5) is 0 Å². The van der Waals surface area contributed by atoms with Gasteiger partial charge in [0.05, 0.1) is 0 Å². The molecule has 92 valence electrons. The van der Waals surface area contributed by atoms with Gasteiger partial charge >= 0.3 is 0 Å². The minimum atomic E-state index is 0.257. The Morgan fingerprint density at radius 2 is 1.94 bits per heavy atom. The number of nitrogens with two attached hydrogens (primary N) is 1. The third-order valence-corrected chi connectivity index (χ3v) is 4.06. The zero-order valence-corrected chi connectivity index (χ0v) is 10.3. The first-order valence-electron chi connectivity index (χ1n) is 6.66. The van der Waals surface area contributed by atoms with E-state index >= 15 is 0 Å². The second-order valence-electron chi connectivity index (χ2n) is 5.63. The molecule has 0 spiro atoms. The van der Waals surface area contributed by atoms with Gasteiger partial charge in [-0.2, -0.15) is 0 Å². The van der Waals surface area contributed by atoms with Gasteiger partial charge in [0.25, 0.3) is 0 Å². The van der Waals surface area contributed by atoms with Crippen molar-refractivity contribution >= 4 is 5.91 Å². The summed E-state index contributed by atoms with van der Waals surface area (Å²) in [5.74, 6) is 1.52. The lowest BCUT2D eigenvalue weighted by molar-refractivity contribution is -0.131. The van der Waals surface area contributed by atoms with Crippen LogP contribution in [0.2, 0.25) is 0 Å². The van der Waals surface area contributed by atoms with Crippen molar-refractivity contribution in [1.82, 2.24) is 4.90 Å². The van der Waals surface area contributed by atoms with Crippen molar-refractivity contribution in [3.05, 3.63) is 0 Å². The Morgan fingerprint density at radius 3 is 2.56 bits per heavy atom. The lowest BCUT2D eigenvalue weighted by Crippen LogP contribution is -2.38. The summed E-state index contributed by atoms with van der Waals surface area (Å²) < 4.78 is 0. The first-order valence-corrected chi connectivity index (χ1v) is 6.66. The molecule has 2 atom stereocenters. The van der Waals surface area contributed by atoms with E-state index in [1.807, 2.05) is 11.9 Å². The Bertz CT molecular complexity index is 250. The Labute approximate surface area is 98.4 Å². The normalized spacial score (nSPS) is 30.1. The van der Waals surface area contributed by atoms with Crippen molar-refractivity contribution in [2.75, 3.05) is 13.6 Å². The van der Waals surface area contributed by atoms with Gasteiger partial charge in [0.1, 0.15) is 0 Å². The first kappa shape index (κ1) is 11.9. The predicted octanol–water partition coefficient (Wildman–Crippen LogP) is 1.76. The topological polar surface area (TPSA) is 46.3 Å². The number of hydrogen-bond donors (Lipinski definition) is 1. The molecular weight excluding hydrogens is 200 g/mol. The average Bonchev–Trinajstić information content (AvgIpc) is 3.05. The molecule has 2 N–H and O–H groups in total.